The summed E-state index contributed by atoms with van der Waals surface area (Å²) in [5, 5.41) is 8.11. The second-order valence-electron chi connectivity index (χ2n) is 7.54. The number of nitrogens with zero attached hydrogens (tertiary/aromatic N) is 2. The number of carbonyl (C=O) groups is 2. The van der Waals surface area contributed by atoms with Gasteiger partial charge >= 0.3 is 5.97 Å². The van der Waals surface area contributed by atoms with Crippen LogP contribution in [0.1, 0.15) is 51.0 Å². The maximum absolute atomic E-state index is 13.0. The number of aromatic nitrogens is 2. The Balaban J connectivity index is 2.33. The number of unbranched alkanes of at least 4 members (excludes halogenated alkanes) is 1. The molecule has 0 saturated carbocycles. The molecule has 146 valence electrons. The molecule has 0 aliphatic heterocycles. The molecule has 1 aromatic heterocycles. The summed E-state index contributed by atoms with van der Waals surface area (Å²) >= 11 is 0. The van der Waals surface area contributed by atoms with Crippen molar-refractivity contribution in [2.45, 2.75) is 53.1 Å². The number of para-hydroxylation sites is 1. The minimum absolute atomic E-state index is 0.266. The molecule has 0 bridgehead atoms. The maximum Gasteiger partial charge on any atom is 0.329 e. The normalized spacial score (nSPS) is 12.6. The number of fused-ring (bicyclic) bond motifs is 1. The lowest BCUT2D eigenvalue weighted by molar-refractivity contribution is -0.148. The number of rotatable bonds is 8. The quantitative estimate of drug-likeness (QED) is 0.436. The molecule has 0 spiro atoms. The van der Waals surface area contributed by atoms with Crippen LogP contribution in [0, 0.1) is 5.41 Å². The zero-order valence-electron chi connectivity index (χ0n) is 16.6. The highest BCUT2D eigenvalue weighted by atomic mass is 16.5. The molecule has 0 aliphatic carbocycles. The fourth-order valence-corrected chi connectivity index (χ4v) is 2.91. The Bertz CT molecular complexity index is 818. The highest BCUT2D eigenvalue weighted by Crippen LogP contribution is 2.23. The van der Waals surface area contributed by atoms with E-state index in [1.807, 2.05) is 55.8 Å². The number of ether oxygens (including phenoxy) is 1. The first kappa shape index (κ1) is 20.7. The van der Waals surface area contributed by atoms with Gasteiger partial charge < -0.3 is 10.1 Å². The molecule has 0 radical (unpaired) electrons. The summed E-state index contributed by atoms with van der Waals surface area (Å²) < 4.78 is 6.97. The molecule has 2 rings (SSSR count). The smallest absolute Gasteiger partial charge is 0.329 e. The fourth-order valence-electron chi connectivity index (χ4n) is 2.91. The Labute approximate surface area is 160 Å². The van der Waals surface area contributed by atoms with E-state index in [9.17, 15) is 9.59 Å². The van der Waals surface area contributed by atoms with Gasteiger partial charge in [0.15, 0.2) is 5.69 Å². The SMILES string of the molecule is C=CCCCn1nc(C(=O)N[C@H](C(=O)OCC)C(C)(C)C)c2ccccc21. The first-order chi connectivity index (χ1) is 12.8. The van der Waals surface area contributed by atoms with E-state index in [2.05, 4.69) is 17.0 Å². The number of aryl methyl sites for hydroxylation is 1. The van der Waals surface area contributed by atoms with Gasteiger partial charge in [-0.2, -0.15) is 5.10 Å². The molecular formula is C21H29N3O3. The van der Waals surface area contributed by atoms with Crippen LogP contribution in [-0.2, 0) is 16.1 Å². The first-order valence-electron chi connectivity index (χ1n) is 9.33. The van der Waals surface area contributed by atoms with Gasteiger partial charge in [0.2, 0.25) is 0 Å². The largest absolute Gasteiger partial charge is 0.464 e. The molecule has 6 heteroatoms. The van der Waals surface area contributed by atoms with E-state index in [1.165, 1.54) is 0 Å². The van der Waals surface area contributed by atoms with Crippen molar-refractivity contribution in [1.29, 1.82) is 0 Å². The van der Waals surface area contributed by atoms with E-state index in [0.717, 1.165) is 23.7 Å². The van der Waals surface area contributed by atoms with Crippen LogP contribution in [-0.4, -0.2) is 34.3 Å². The van der Waals surface area contributed by atoms with Crippen LogP contribution in [0.4, 0.5) is 0 Å². The number of amides is 1. The molecule has 1 heterocycles. The minimum atomic E-state index is -0.755. The Morgan fingerprint density at radius 1 is 1.33 bits per heavy atom. The van der Waals surface area contributed by atoms with Crippen molar-refractivity contribution < 1.29 is 14.3 Å². The third-order valence-corrected chi connectivity index (χ3v) is 4.31. The van der Waals surface area contributed by atoms with Crippen molar-refractivity contribution in [2.75, 3.05) is 6.61 Å². The van der Waals surface area contributed by atoms with Crippen molar-refractivity contribution in [3.8, 4) is 0 Å². The molecule has 1 N–H and O–H groups in total. The Kier molecular flexibility index (Phi) is 6.77. The van der Waals surface area contributed by atoms with Crippen LogP contribution in [0.25, 0.3) is 10.9 Å². The summed E-state index contributed by atoms with van der Waals surface area (Å²) in [4.78, 5) is 25.3. The molecule has 0 fully saturated rings. The summed E-state index contributed by atoms with van der Waals surface area (Å²) in [7, 11) is 0. The van der Waals surface area contributed by atoms with Gasteiger partial charge in [0.05, 0.1) is 12.1 Å². The van der Waals surface area contributed by atoms with Crippen molar-refractivity contribution in [2.24, 2.45) is 5.41 Å². The first-order valence-corrected chi connectivity index (χ1v) is 9.33. The third kappa shape index (κ3) is 4.96. The van der Waals surface area contributed by atoms with E-state index < -0.39 is 17.4 Å². The van der Waals surface area contributed by atoms with Gasteiger partial charge in [-0.1, -0.05) is 45.0 Å². The third-order valence-electron chi connectivity index (χ3n) is 4.31. The number of hydrogen-bond donors (Lipinski definition) is 1. The van der Waals surface area contributed by atoms with Gasteiger partial charge in [-0.15, -0.1) is 6.58 Å². The molecule has 2 aromatic rings. The van der Waals surface area contributed by atoms with Gasteiger partial charge in [0.25, 0.3) is 5.91 Å². The maximum atomic E-state index is 13.0. The monoisotopic (exact) mass is 371 g/mol. The highest BCUT2D eigenvalue weighted by Gasteiger charge is 2.35. The van der Waals surface area contributed by atoms with Crippen LogP contribution in [0.3, 0.4) is 0 Å². The molecule has 1 atom stereocenters. The van der Waals surface area contributed by atoms with Crippen molar-refractivity contribution >= 4 is 22.8 Å². The highest BCUT2D eigenvalue weighted by molar-refractivity contribution is 6.06. The number of carbonyl (C=O) groups excluding carboxylic acids is 2. The summed E-state index contributed by atoms with van der Waals surface area (Å²) in [5.74, 6) is -0.810. The van der Waals surface area contributed by atoms with Gasteiger partial charge in [-0.05, 0) is 31.2 Å². The van der Waals surface area contributed by atoms with Crippen LogP contribution in [0.5, 0.6) is 0 Å². The molecule has 1 amide bonds. The van der Waals surface area contributed by atoms with Crippen molar-refractivity contribution in [3.63, 3.8) is 0 Å². The minimum Gasteiger partial charge on any atom is -0.464 e. The standard InChI is InChI=1S/C21H29N3O3/c1-6-8-11-14-24-16-13-10-9-12-15(16)17(23-24)19(25)22-18(21(3,4)5)20(26)27-7-2/h6,9-10,12-13,18H,1,7-8,11,14H2,2-5H3,(H,22,25)/t18-/m1/s1. The lowest BCUT2D eigenvalue weighted by atomic mass is 9.86. The zero-order chi connectivity index (χ0) is 20.0. The fraction of sp³-hybridized carbons (Fsp3) is 0.476. The topological polar surface area (TPSA) is 73.2 Å². The summed E-state index contributed by atoms with van der Waals surface area (Å²) in [6, 6.07) is 6.86. The van der Waals surface area contributed by atoms with Crippen LogP contribution in [0.2, 0.25) is 0 Å². The molecule has 0 saturated heterocycles. The summed E-state index contributed by atoms with van der Waals surface area (Å²) in [5.41, 5.74) is 0.738. The second kappa shape index (κ2) is 8.84. The van der Waals surface area contributed by atoms with E-state index in [0.29, 0.717) is 12.2 Å². The van der Waals surface area contributed by atoms with E-state index in [-0.39, 0.29) is 12.5 Å². The molecule has 6 nitrogen and oxygen atoms in total. The van der Waals surface area contributed by atoms with Crippen LogP contribution in [0.15, 0.2) is 36.9 Å². The average molecular weight is 371 g/mol. The molecule has 27 heavy (non-hydrogen) atoms. The predicted molar refractivity (Wildman–Crippen MR) is 107 cm³/mol. The van der Waals surface area contributed by atoms with Crippen LogP contribution >= 0.6 is 0 Å². The lowest BCUT2D eigenvalue weighted by Gasteiger charge is -2.29. The molecular weight excluding hydrogens is 342 g/mol. The van der Waals surface area contributed by atoms with Crippen molar-refractivity contribution in [3.05, 3.63) is 42.6 Å². The molecule has 1 aromatic carbocycles. The number of esters is 1. The summed E-state index contributed by atoms with van der Waals surface area (Å²) in [6.07, 6.45) is 3.64. The zero-order valence-corrected chi connectivity index (χ0v) is 16.6. The number of allylic oxidation sites excluding steroid dienone is 1. The van der Waals surface area contributed by atoms with Gasteiger partial charge in [0.1, 0.15) is 6.04 Å². The van der Waals surface area contributed by atoms with Crippen LogP contribution < -0.4 is 5.32 Å². The summed E-state index contributed by atoms with van der Waals surface area (Å²) in [6.45, 7) is 12.1. The average Bonchev–Trinajstić information content (AvgIpc) is 2.98. The van der Waals surface area contributed by atoms with Crippen molar-refractivity contribution in [1.82, 2.24) is 15.1 Å². The van der Waals surface area contributed by atoms with E-state index in [4.69, 9.17) is 4.74 Å². The number of hydrogen-bond acceptors (Lipinski definition) is 4. The van der Waals surface area contributed by atoms with E-state index in [1.54, 1.807) is 6.92 Å². The Hall–Kier alpha value is -2.63. The predicted octanol–water partition coefficient (Wildman–Crippen LogP) is 3.71. The van der Waals surface area contributed by atoms with Gasteiger partial charge in [-0.25, -0.2) is 4.79 Å². The molecule has 0 unspecified atom stereocenters. The lowest BCUT2D eigenvalue weighted by Crippen LogP contribution is -2.50. The number of benzene rings is 1. The van der Waals surface area contributed by atoms with E-state index >= 15 is 0 Å². The Morgan fingerprint density at radius 3 is 2.67 bits per heavy atom. The second-order valence-corrected chi connectivity index (χ2v) is 7.54. The van der Waals surface area contributed by atoms with Gasteiger partial charge in [-0.3, -0.25) is 9.48 Å². The van der Waals surface area contributed by atoms with Gasteiger partial charge in [0, 0.05) is 11.9 Å². The molecule has 0 aliphatic rings. The Morgan fingerprint density at radius 2 is 2.04 bits per heavy atom. The number of nitrogens with one attached hydrogen (secondary N) is 1.